The molecule has 0 aliphatic carbocycles. The molecule has 0 heterocycles. The van der Waals surface area contributed by atoms with Crippen LogP contribution in [0, 0.1) is 5.41 Å². The Morgan fingerprint density at radius 2 is 2.08 bits per heavy atom. The lowest BCUT2D eigenvalue weighted by Gasteiger charge is -2.20. The zero-order chi connectivity index (χ0) is 9.78. The minimum absolute atomic E-state index is 0. The van der Waals surface area contributed by atoms with Crippen LogP contribution in [0.5, 0.6) is 0 Å². The van der Waals surface area contributed by atoms with Gasteiger partial charge in [-0.1, -0.05) is 27.4 Å². The average molecular weight is 183 g/mol. The molecular formula is C9H16BO3. The van der Waals surface area contributed by atoms with E-state index in [2.05, 4.69) is 11.3 Å². The van der Waals surface area contributed by atoms with Gasteiger partial charge in [-0.15, -0.1) is 0 Å². The second-order valence-corrected chi connectivity index (χ2v) is 3.88. The zero-order valence-corrected chi connectivity index (χ0v) is 8.41. The summed E-state index contributed by atoms with van der Waals surface area (Å²) < 4.78 is 4.42. The summed E-state index contributed by atoms with van der Waals surface area (Å²) in [6, 6.07) is 0. The van der Waals surface area contributed by atoms with Gasteiger partial charge in [-0.05, 0) is 11.8 Å². The molecule has 1 N–H and O–H groups in total. The number of carbonyl (C=O) groups is 1. The predicted molar refractivity (Wildman–Crippen MR) is 52.1 cm³/mol. The number of ether oxygens (including phenoxy) is 1. The van der Waals surface area contributed by atoms with Crippen molar-refractivity contribution in [2.45, 2.75) is 33.3 Å². The number of aliphatic hydroxyl groups is 1. The van der Waals surface area contributed by atoms with E-state index in [0.717, 1.165) is 6.26 Å². The quantitative estimate of drug-likeness (QED) is 0.404. The minimum atomic E-state index is -1.05. The standard InChI is InChI=1S/C9H16O3.B/c1-5-12-8(11)7(10)6-9(2,3)4;/h5,7,10H,1,6H2,2-4H3;. The van der Waals surface area contributed by atoms with Crippen LogP contribution in [0.3, 0.4) is 0 Å². The van der Waals surface area contributed by atoms with Crippen molar-refractivity contribution in [3.63, 3.8) is 0 Å². The molecule has 1 atom stereocenters. The van der Waals surface area contributed by atoms with Gasteiger partial charge in [-0.25, -0.2) is 4.79 Å². The largest absolute Gasteiger partial charge is 0.433 e. The second-order valence-electron chi connectivity index (χ2n) is 3.88. The Morgan fingerprint density at radius 1 is 1.62 bits per heavy atom. The van der Waals surface area contributed by atoms with Gasteiger partial charge in [-0.3, -0.25) is 0 Å². The lowest BCUT2D eigenvalue weighted by atomic mass is 9.89. The summed E-state index contributed by atoms with van der Waals surface area (Å²) in [6.45, 7) is 9.05. The average Bonchev–Trinajstić information content (AvgIpc) is 1.84. The number of hydrogen-bond donors (Lipinski definition) is 1. The van der Waals surface area contributed by atoms with E-state index in [9.17, 15) is 9.90 Å². The molecule has 0 saturated carbocycles. The van der Waals surface area contributed by atoms with Crippen molar-refractivity contribution in [1.29, 1.82) is 0 Å². The van der Waals surface area contributed by atoms with Gasteiger partial charge < -0.3 is 9.84 Å². The van der Waals surface area contributed by atoms with Crippen LogP contribution >= 0.6 is 0 Å². The van der Waals surface area contributed by atoms with Crippen LogP contribution in [0.1, 0.15) is 27.2 Å². The highest BCUT2D eigenvalue weighted by Gasteiger charge is 2.23. The summed E-state index contributed by atoms with van der Waals surface area (Å²) in [5, 5.41) is 9.26. The third kappa shape index (κ3) is 7.59. The Balaban J connectivity index is 0. The summed E-state index contributed by atoms with van der Waals surface area (Å²) in [4.78, 5) is 10.9. The molecule has 0 saturated heterocycles. The number of esters is 1. The first kappa shape index (κ1) is 14.7. The van der Waals surface area contributed by atoms with Crippen LogP contribution in [0.15, 0.2) is 12.8 Å². The molecule has 0 aromatic carbocycles. The van der Waals surface area contributed by atoms with Crippen LogP contribution in [0.2, 0.25) is 0 Å². The number of carbonyl (C=O) groups excluding carboxylic acids is 1. The van der Waals surface area contributed by atoms with Gasteiger partial charge in [-0.2, -0.15) is 0 Å². The SMILES string of the molecule is C=COC(=O)C(O)CC(C)(C)C.[B]. The summed E-state index contributed by atoms with van der Waals surface area (Å²) in [5.41, 5.74) is -0.0837. The van der Waals surface area contributed by atoms with Gasteiger partial charge >= 0.3 is 5.97 Å². The van der Waals surface area contributed by atoms with Crippen LogP contribution in [0.25, 0.3) is 0 Å². The van der Waals surface area contributed by atoms with Crippen LogP contribution in [-0.4, -0.2) is 25.6 Å². The van der Waals surface area contributed by atoms with Crippen molar-refractivity contribution in [1.82, 2.24) is 0 Å². The van der Waals surface area contributed by atoms with E-state index in [1.807, 2.05) is 20.8 Å². The van der Waals surface area contributed by atoms with Crippen LogP contribution in [0.4, 0.5) is 0 Å². The summed E-state index contributed by atoms with van der Waals surface area (Å²) in [5.74, 6) is -0.639. The van der Waals surface area contributed by atoms with Crippen molar-refractivity contribution in [2.75, 3.05) is 0 Å². The minimum Gasteiger partial charge on any atom is -0.433 e. The molecule has 0 aliphatic heterocycles. The molecule has 0 aromatic heterocycles. The highest BCUT2D eigenvalue weighted by molar-refractivity contribution is 5.75. The number of hydrogen-bond acceptors (Lipinski definition) is 3. The summed E-state index contributed by atoms with van der Waals surface area (Å²) in [6.07, 6.45) is 0.358. The van der Waals surface area contributed by atoms with Crippen LogP contribution in [-0.2, 0) is 9.53 Å². The van der Waals surface area contributed by atoms with E-state index in [1.165, 1.54) is 0 Å². The van der Waals surface area contributed by atoms with E-state index < -0.39 is 12.1 Å². The molecule has 0 fully saturated rings. The molecule has 3 nitrogen and oxygen atoms in total. The van der Waals surface area contributed by atoms with E-state index in [-0.39, 0.29) is 13.8 Å². The topological polar surface area (TPSA) is 46.5 Å². The normalized spacial score (nSPS) is 12.6. The second kappa shape index (κ2) is 5.81. The maximum absolute atomic E-state index is 10.9. The Hall–Kier alpha value is -0.765. The predicted octanol–water partition coefficient (Wildman–Crippen LogP) is 1.09. The first-order chi connectivity index (χ1) is 5.37. The van der Waals surface area contributed by atoms with Gasteiger partial charge in [0.25, 0.3) is 0 Å². The molecule has 0 spiro atoms. The van der Waals surface area contributed by atoms with E-state index >= 15 is 0 Å². The van der Waals surface area contributed by atoms with Crippen molar-refractivity contribution < 1.29 is 14.6 Å². The molecule has 3 radical (unpaired) electrons. The molecule has 0 amide bonds. The summed E-state index contributed by atoms with van der Waals surface area (Å²) in [7, 11) is 0. The Kier molecular flexibility index (Phi) is 6.59. The molecule has 0 bridgehead atoms. The van der Waals surface area contributed by atoms with Gasteiger partial charge in [0.2, 0.25) is 0 Å². The third-order valence-corrected chi connectivity index (χ3v) is 1.28. The smallest absolute Gasteiger partial charge is 0.339 e. The molecule has 73 valence electrons. The van der Waals surface area contributed by atoms with Crippen molar-refractivity contribution in [3.8, 4) is 0 Å². The highest BCUT2D eigenvalue weighted by Crippen LogP contribution is 2.21. The van der Waals surface area contributed by atoms with Gasteiger partial charge in [0, 0.05) is 8.41 Å². The van der Waals surface area contributed by atoms with E-state index in [1.54, 1.807) is 0 Å². The first-order valence-electron chi connectivity index (χ1n) is 3.86. The van der Waals surface area contributed by atoms with Crippen molar-refractivity contribution in [3.05, 3.63) is 12.8 Å². The highest BCUT2D eigenvalue weighted by atomic mass is 16.5. The zero-order valence-electron chi connectivity index (χ0n) is 8.41. The van der Waals surface area contributed by atoms with E-state index in [4.69, 9.17) is 0 Å². The molecular weight excluding hydrogens is 167 g/mol. The molecule has 13 heavy (non-hydrogen) atoms. The lowest BCUT2D eigenvalue weighted by molar-refractivity contribution is -0.149. The van der Waals surface area contributed by atoms with Crippen molar-refractivity contribution in [2.24, 2.45) is 5.41 Å². The Bertz CT molecular complexity index is 172. The van der Waals surface area contributed by atoms with Gasteiger partial charge in [0.15, 0.2) is 6.10 Å². The Morgan fingerprint density at radius 3 is 2.38 bits per heavy atom. The molecule has 0 aliphatic rings. The van der Waals surface area contributed by atoms with E-state index in [0.29, 0.717) is 6.42 Å². The number of rotatable bonds is 3. The molecule has 4 heteroatoms. The summed E-state index contributed by atoms with van der Waals surface area (Å²) >= 11 is 0. The lowest BCUT2D eigenvalue weighted by Crippen LogP contribution is -2.26. The van der Waals surface area contributed by atoms with Crippen LogP contribution < -0.4 is 0 Å². The fourth-order valence-corrected chi connectivity index (χ4v) is 0.824. The first-order valence-corrected chi connectivity index (χ1v) is 3.86. The maximum atomic E-state index is 10.9. The molecule has 0 rings (SSSR count). The van der Waals surface area contributed by atoms with Gasteiger partial charge in [0.1, 0.15) is 0 Å². The molecule has 0 aromatic rings. The molecule has 1 unspecified atom stereocenters. The Labute approximate surface area is 81.4 Å². The fourth-order valence-electron chi connectivity index (χ4n) is 0.824. The number of aliphatic hydroxyl groups excluding tert-OH is 1. The third-order valence-electron chi connectivity index (χ3n) is 1.28. The fraction of sp³-hybridized carbons (Fsp3) is 0.667. The maximum Gasteiger partial charge on any atom is 0.339 e. The monoisotopic (exact) mass is 183 g/mol. The van der Waals surface area contributed by atoms with Gasteiger partial charge in [0.05, 0.1) is 6.26 Å². The van der Waals surface area contributed by atoms with Crippen molar-refractivity contribution >= 4 is 14.4 Å².